The van der Waals surface area contributed by atoms with Crippen LogP contribution in [0.2, 0.25) is 0 Å². The number of hydrogen-bond donors (Lipinski definition) is 0. The average Bonchev–Trinajstić information content (AvgIpc) is 2.73. The van der Waals surface area contributed by atoms with Gasteiger partial charge in [0.05, 0.1) is 11.2 Å². The molecule has 0 aliphatic carbocycles. The Morgan fingerprint density at radius 2 is 1.95 bits per heavy atom. The van der Waals surface area contributed by atoms with Crippen molar-refractivity contribution in [1.29, 1.82) is 0 Å². The summed E-state index contributed by atoms with van der Waals surface area (Å²) in [6.45, 7) is 0. The highest BCUT2D eigenvalue weighted by molar-refractivity contribution is 9.09. The summed E-state index contributed by atoms with van der Waals surface area (Å²) in [7, 11) is 1.78. The zero-order valence-corrected chi connectivity index (χ0v) is 12.5. The van der Waals surface area contributed by atoms with E-state index in [9.17, 15) is 9.18 Å². The van der Waals surface area contributed by atoms with Crippen molar-refractivity contribution in [3.05, 3.63) is 65.0 Å². The maximum absolute atomic E-state index is 13.3. The number of carbonyl (C=O) groups is 1. The van der Waals surface area contributed by atoms with E-state index >= 15 is 0 Å². The van der Waals surface area contributed by atoms with Gasteiger partial charge in [0.1, 0.15) is 5.82 Å². The summed E-state index contributed by atoms with van der Waals surface area (Å²) < 4.78 is 13.3. The van der Waals surface area contributed by atoms with Gasteiger partial charge in [-0.2, -0.15) is 0 Å². The molecule has 1 unspecified atom stereocenters. The number of alkyl halides is 1. The lowest BCUT2D eigenvalue weighted by molar-refractivity contribution is -0.117. The van der Waals surface area contributed by atoms with Gasteiger partial charge < -0.3 is 4.90 Å². The van der Waals surface area contributed by atoms with Crippen LogP contribution in [0.15, 0.2) is 42.5 Å². The van der Waals surface area contributed by atoms with Crippen LogP contribution in [0.25, 0.3) is 0 Å². The molecule has 2 aromatic carbocycles. The molecule has 1 aliphatic rings. The maximum Gasteiger partial charge on any atom is 0.231 e. The normalized spacial score (nSPS) is 15.3. The van der Waals surface area contributed by atoms with Crippen LogP contribution in [0.3, 0.4) is 0 Å². The summed E-state index contributed by atoms with van der Waals surface area (Å²) >= 11 is 3.60. The molecule has 1 heterocycles. The van der Waals surface area contributed by atoms with Crippen molar-refractivity contribution in [1.82, 2.24) is 0 Å². The minimum atomic E-state index is -0.247. The van der Waals surface area contributed by atoms with Crippen LogP contribution >= 0.6 is 15.9 Å². The highest BCUT2D eigenvalue weighted by Crippen LogP contribution is 2.35. The Morgan fingerprint density at radius 1 is 1.20 bits per heavy atom. The fourth-order valence-electron chi connectivity index (χ4n) is 2.50. The van der Waals surface area contributed by atoms with Gasteiger partial charge in [-0.25, -0.2) is 4.39 Å². The molecule has 2 nitrogen and oxygen atoms in total. The molecule has 0 radical (unpaired) electrons. The first-order chi connectivity index (χ1) is 9.56. The molecular weight excluding hydrogens is 321 g/mol. The Kier molecular flexibility index (Phi) is 3.34. The molecule has 0 saturated carbocycles. The lowest BCUT2D eigenvalue weighted by Crippen LogP contribution is -2.20. The monoisotopic (exact) mass is 333 g/mol. The predicted molar refractivity (Wildman–Crippen MR) is 80.7 cm³/mol. The molecule has 1 amide bonds. The maximum atomic E-state index is 13.3. The summed E-state index contributed by atoms with van der Waals surface area (Å²) in [6.07, 6.45) is 0.433. The van der Waals surface area contributed by atoms with E-state index in [0.717, 1.165) is 22.4 Å². The summed E-state index contributed by atoms with van der Waals surface area (Å²) in [5, 5.41) is 0. The Hall–Kier alpha value is -1.68. The lowest BCUT2D eigenvalue weighted by Gasteiger charge is -2.14. The molecule has 1 atom stereocenters. The number of anilines is 1. The number of benzene rings is 2. The smallest absolute Gasteiger partial charge is 0.231 e. The Morgan fingerprint density at radius 3 is 2.70 bits per heavy atom. The van der Waals surface area contributed by atoms with Gasteiger partial charge >= 0.3 is 0 Å². The van der Waals surface area contributed by atoms with Crippen molar-refractivity contribution in [3.8, 4) is 0 Å². The molecule has 0 N–H and O–H groups in total. The van der Waals surface area contributed by atoms with Crippen molar-refractivity contribution in [2.24, 2.45) is 0 Å². The summed E-state index contributed by atoms with van der Waals surface area (Å²) in [5.41, 5.74) is 3.87. The van der Waals surface area contributed by atoms with Crippen LogP contribution in [-0.2, 0) is 11.2 Å². The van der Waals surface area contributed by atoms with E-state index < -0.39 is 0 Å². The molecular formula is C16H13BrFNO. The summed E-state index contributed by atoms with van der Waals surface area (Å²) in [4.78, 5) is 13.3. The first-order valence-electron chi connectivity index (χ1n) is 6.35. The SMILES string of the molecule is CN1C(=O)Cc2cc(C(Br)c3cccc(F)c3)ccc21. The number of likely N-dealkylation sites (N-methyl/N-ethyl adjacent to an activating group) is 1. The number of fused-ring (bicyclic) bond motifs is 1. The van der Waals surface area contributed by atoms with Gasteiger partial charge in [-0.15, -0.1) is 0 Å². The topological polar surface area (TPSA) is 20.3 Å². The summed E-state index contributed by atoms with van der Waals surface area (Å²) in [6, 6.07) is 12.5. The van der Waals surface area contributed by atoms with Crippen LogP contribution in [0.4, 0.5) is 10.1 Å². The van der Waals surface area contributed by atoms with Gasteiger partial charge in [0.15, 0.2) is 0 Å². The highest BCUT2D eigenvalue weighted by Gasteiger charge is 2.25. The van der Waals surface area contributed by atoms with E-state index in [1.54, 1.807) is 18.0 Å². The van der Waals surface area contributed by atoms with Crippen LogP contribution in [0.1, 0.15) is 21.5 Å². The number of amides is 1. The molecule has 1 aliphatic heterocycles. The molecule has 2 aromatic rings. The van der Waals surface area contributed by atoms with Gasteiger partial charge in [-0.1, -0.05) is 40.2 Å². The third-order valence-electron chi connectivity index (χ3n) is 3.61. The average molecular weight is 334 g/mol. The fraction of sp³-hybridized carbons (Fsp3) is 0.188. The third kappa shape index (κ3) is 2.24. The standard InChI is InChI=1S/C16H13BrFNO/c1-19-14-6-5-11(7-12(14)9-15(19)20)16(17)10-3-2-4-13(18)8-10/h2-8,16H,9H2,1H3. The first kappa shape index (κ1) is 13.3. The molecule has 0 aromatic heterocycles. The second-order valence-corrected chi connectivity index (χ2v) is 5.85. The van der Waals surface area contributed by atoms with Crippen LogP contribution in [0.5, 0.6) is 0 Å². The molecule has 0 spiro atoms. The Bertz CT molecular complexity index is 686. The number of rotatable bonds is 2. The molecule has 0 bridgehead atoms. The Balaban J connectivity index is 1.96. The van der Waals surface area contributed by atoms with Crippen molar-refractivity contribution in [2.75, 3.05) is 11.9 Å². The van der Waals surface area contributed by atoms with E-state index in [-0.39, 0.29) is 16.6 Å². The van der Waals surface area contributed by atoms with Crippen molar-refractivity contribution < 1.29 is 9.18 Å². The number of halogens is 2. The quantitative estimate of drug-likeness (QED) is 0.765. The van der Waals surface area contributed by atoms with Gasteiger partial charge in [0.2, 0.25) is 5.91 Å². The van der Waals surface area contributed by atoms with Crippen molar-refractivity contribution in [3.63, 3.8) is 0 Å². The minimum Gasteiger partial charge on any atom is -0.315 e. The van der Waals surface area contributed by atoms with E-state index in [4.69, 9.17) is 0 Å². The van der Waals surface area contributed by atoms with E-state index in [1.165, 1.54) is 12.1 Å². The van der Waals surface area contributed by atoms with Gasteiger partial charge in [-0.05, 0) is 34.9 Å². The number of hydrogen-bond acceptors (Lipinski definition) is 1. The first-order valence-corrected chi connectivity index (χ1v) is 7.27. The van der Waals surface area contributed by atoms with Gasteiger partial charge in [0.25, 0.3) is 0 Å². The molecule has 0 fully saturated rings. The third-order valence-corrected chi connectivity index (χ3v) is 4.67. The number of carbonyl (C=O) groups excluding carboxylic acids is 1. The molecule has 4 heteroatoms. The predicted octanol–water partition coefficient (Wildman–Crippen LogP) is 3.83. The molecule has 20 heavy (non-hydrogen) atoms. The Labute approximate surface area is 125 Å². The van der Waals surface area contributed by atoms with Crippen molar-refractivity contribution >= 4 is 27.5 Å². The zero-order chi connectivity index (χ0) is 14.3. The second-order valence-electron chi connectivity index (χ2n) is 4.94. The second kappa shape index (κ2) is 5.02. The highest BCUT2D eigenvalue weighted by atomic mass is 79.9. The van der Waals surface area contributed by atoms with Crippen LogP contribution in [-0.4, -0.2) is 13.0 Å². The molecule has 3 rings (SSSR count). The summed E-state index contributed by atoms with van der Waals surface area (Å²) in [5.74, 6) is -0.142. The van der Waals surface area contributed by atoms with Crippen LogP contribution in [0, 0.1) is 5.82 Å². The minimum absolute atomic E-state index is 0.0792. The van der Waals surface area contributed by atoms with E-state index in [0.29, 0.717) is 6.42 Å². The largest absolute Gasteiger partial charge is 0.315 e. The molecule has 102 valence electrons. The molecule has 0 saturated heterocycles. The van der Waals surface area contributed by atoms with Crippen molar-refractivity contribution in [2.45, 2.75) is 11.2 Å². The van der Waals surface area contributed by atoms with Gasteiger partial charge in [0, 0.05) is 12.7 Å². The van der Waals surface area contributed by atoms with Gasteiger partial charge in [-0.3, -0.25) is 4.79 Å². The van der Waals surface area contributed by atoms with Crippen LogP contribution < -0.4 is 4.90 Å². The fourth-order valence-corrected chi connectivity index (χ4v) is 3.07. The number of nitrogens with zero attached hydrogens (tertiary/aromatic N) is 1. The van der Waals surface area contributed by atoms with E-state index in [1.807, 2.05) is 24.3 Å². The zero-order valence-electron chi connectivity index (χ0n) is 10.9. The van der Waals surface area contributed by atoms with E-state index in [2.05, 4.69) is 15.9 Å². The lowest BCUT2D eigenvalue weighted by atomic mass is 10.0.